The van der Waals surface area contributed by atoms with Gasteiger partial charge in [0.05, 0.1) is 17.4 Å². The molecule has 0 bridgehead atoms. The van der Waals surface area contributed by atoms with Crippen LogP contribution in [0.15, 0.2) is 23.5 Å². The molecule has 1 saturated heterocycles. The number of rotatable bonds is 5. The highest BCUT2D eigenvalue weighted by molar-refractivity contribution is 7.99. The van der Waals surface area contributed by atoms with Gasteiger partial charge >= 0.3 is 6.18 Å². The Balaban J connectivity index is 1.27. The van der Waals surface area contributed by atoms with Crippen molar-refractivity contribution in [1.82, 2.24) is 30.1 Å². The number of amides is 1. The predicted molar refractivity (Wildman–Crippen MR) is 104 cm³/mol. The van der Waals surface area contributed by atoms with Crippen LogP contribution in [0.1, 0.15) is 37.3 Å². The Bertz CT molecular complexity index is 859. The molecule has 4 rings (SSSR count). The lowest BCUT2D eigenvalue weighted by atomic mass is 10.2. The number of hydrogen-bond donors (Lipinski definition) is 0. The van der Waals surface area contributed by atoms with Gasteiger partial charge in [-0.25, -0.2) is 9.67 Å². The molecule has 2 fully saturated rings. The fourth-order valence-corrected chi connectivity index (χ4v) is 4.65. The quantitative estimate of drug-likeness (QED) is 0.660. The van der Waals surface area contributed by atoms with Crippen LogP contribution < -0.4 is 4.90 Å². The van der Waals surface area contributed by atoms with Crippen molar-refractivity contribution < 1.29 is 18.0 Å². The van der Waals surface area contributed by atoms with E-state index in [-0.39, 0.29) is 11.7 Å². The lowest BCUT2D eigenvalue weighted by molar-refractivity contribution is -0.137. The topological polar surface area (TPSA) is 80.0 Å². The number of nitrogens with zero attached hydrogens (tertiary/aromatic N) is 7. The Kier molecular flexibility index (Phi) is 6.11. The Morgan fingerprint density at radius 2 is 1.87 bits per heavy atom. The van der Waals surface area contributed by atoms with Crippen molar-refractivity contribution in [2.75, 3.05) is 36.8 Å². The SMILES string of the molecule is O=C(CSc1nnnn1C1CCCC1)N1CCN(c2ccc(C(F)(F)F)cn2)CC1. The van der Waals surface area contributed by atoms with Crippen molar-refractivity contribution in [1.29, 1.82) is 0 Å². The van der Waals surface area contributed by atoms with Gasteiger partial charge in [-0.1, -0.05) is 24.6 Å². The van der Waals surface area contributed by atoms with E-state index in [1.165, 1.54) is 30.7 Å². The van der Waals surface area contributed by atoms with Crippen molar-refractivity contribution in [2.45, 2.75) is 43.1 Å². The van der Waals surface area contributed by atoms with Gasteiger partial charge in [-0.05, 0) is 35.4 Å². The van der Waals surface area contributed by atoms with E-state index >= 15 is 0 Å². The first-order valence-corrected chi connectivity index (χ1v) is 10.9. The number of pyridine rings is 1. The molecule has 2 aliphatic rings. The molecule has 0 atom stereocenters. The third-order valence-corrected chi connectivity index (χ3v) is 6.41. The highest BCUT2D eigenvalue weighted by Gasteiger charge is 2.31. The highest BCUT2D eigenvalue weighted by Crippen LogP contribution is 2.32. The Morgan fingerprint density at radius 3 is 2.50 bits per heavy atom. The molecule has 1 aliphatic carbocycles. The van der Waals surface area contributed by atoms with Gasteiger partial charge in [-0.15, -0.1) is 5.10 Å². The highest BCUT2D eigenvalue weighted by atomic mass is 32.2. The number of carbonyl (C=O) groups excluding carboxylic acids is 1. The van der Waals surface area contributed by atoms with E-state index in [2.05, 4.69) is 20.5 Å². The largest absolute Gasteiger partial charge is 0.417 e. The number of anilines is 1. The van der Waals surface area contributed by atoms with Crippen molar-refractivity contribution >= 4 is 23.5 Å². The van der Waals surface area contributed by atoms with Gasteiger partial charge in [0.1, 0.15) is 5.82 Å². The van der Waals surface area contributed by atoms with Crippen LogP contribution in [0.3, 0.4) is 0 Å². The molecule has 3 heterocycles. The Hall–Kier alpha value is -2.37. The van der Waals surface area contributed by atoms with E-state index in [1.54, 1.807) is 4.90 Å². The maximum absolute atomic E-state index is 12.7. The monoisotopic (exact) mass is 441 g/mol. The average Bonchev–Trinajstić information content (AvgIpc) is 3.43. The van der Waals surface area contributed by atoms with Crippen molar-refractivity contribution in [3.8, 4) is 0 Å². The first kappa shape index (κ1) is 20.9. The van der Waals surface area contributed by atoms with Crippen LogP contribution in [-0.2, 0) is 11.0 Å². The van der Waals surface area contributed by atoms with Gasteiger partial charge in [0.15, 0.2) is 0 Å². The molecule has 1 saturated carbocycles. The number of thioether (sulfide) groups is 1. The number of hydrogen-bond acceptors (Lipinski definition) is 7. The van der Waals surface area contributed by atoms with Gasteiger partial charge in [0, 0.05) is 32.4 Å². The maximum atomic E-state index is 12.7. The van der Waals surface area contributed by atoms with Crippen LogP contribution in [-0.4, -0.2) is 67.9 Å². The Morgan fingerprint density at radius 1 is 1.13 bits per heavy atom. The second kappa shape index (κ2) is 8.78. The second-order valence-electron chi connectivity index (χ2n) is 7.40. The van der Waals surface area contributed by atoms with Crippen LogP contribution in [0.4, 0.5) is 19.0 Å². The summed E-state index contributed by atoms with van der Waals surface area (Å²) in [5.74, 6) is 0.743. The first-order chi connectivity index (χ1) is 14.4. The molecule has 0 aromatic carbocycles. The van der Waals surface area contributed by atoms with Crippen molar-refractivity contribution in [2.24, 2.45) is 0 Å². The zero-order chi connectivity index (χ0) is 21.1. The Labute approximate surface area is 175 Å². The molecule has 2 aromatic rings. The molecule has 0 radical (unpaired) electrons. The zero-order valence-corrected chi connectivity index (χ0v) is 17.1. The van der Waals surface area contributed by atoms with Gasteiger partial charge in [-0.2, -0.15) is 13.2 Å². The molecule has 1 amide bonds. The maximum Gasteiger partial charge on any atom is 0.417 e. The van der Waals surface area contributed by atoms with E-state index in [0.29, 0.717) is 43.2 Å². The molecule has 162 valence electrons. The molecule has 8 nitrogen and oxygen atoms in total. The second-order valence-corrected chi connectivity index (χ2v) is 8.35. The number of tetrazole rings is 1. The standard InChI is InChI=1S/C18H22F3N7OS/c19-18(20,21)13-5-6-15(22-11-13)26-7-9-27(10-8-26)16(29)12-30-17-23-24-25-28(17)14-3-1-2-4-14/h5-6,11,14H,1-4,7-10,12H2. The molecule has 2 aromatic heterocycles. The smallest absolute Gasteiger partial charge is 0.353 e. The van der Waals surface area contributed by atoms with Gasteiger partial charge in [0.2, 0.25) is 11.1 Å². The molecule has 30 heavy (non-hydrogen) atoms. The lowest BCUT2D eigenvalue weighted by Gasteiger charge is -2.35. The minimum absolute atomic E-state index is 0.000926. The van der Waals surface area contributed by atoms with E-state index in [1.807, 2.05) is 9.58 Å². The van der Waals surface area contributed by atoms with Gasteiger partial charge in [-0.3, -0.25) is 4.79 Å². The lowest BCUT2D eigenvalue weighted by Crippen LogP contribution is -2.49. The number of piperazine rings is 1. The summed E-state index contributed by atoms with van der Waals surface area (Å²) in [4.78, 5) is 20.2. The zero-order valence-electron chi connectivity index (χ0n) is 16.3. The number of halogens is 3. The molecular weight excluding hydrogens is 419 g/mol. The average molecular weight is 441 g/mol. The molecular formula is C18H22F3N7OS. The minimum Gasteiger partial charge on any atom is -0.353 e. The summed E-state index contributed by atoms with van der Waals surface area (Å²) in [6, 6.07) is 2.72. The van der Waals surface area contributed by atoms with E-state index < -0.39 is 11.7 Å². The third kappa shape index (κ3) is 4.68. The summed E-state index contributed by atoms with van der Waals surface area (Å²) < 4.78 is 39.9. The summed E-state index contributed by atoms with van der Waals surface area (Å²) in [5.41, 5.74) is -0.767. The number of aromatic nitrogens is 5. The normalized spacial score (nSPS) is 18.2. The summed E-state index contributed by atoms with van der Waals surface area (Å²) in [6.07, 6.45) is 0.917. The molecule has 0 N–H and O–H groups in total. The van der Waals surface area contributed by atoms with Crippen LogP contribution in [0.25, 0.3) is 0 Å². The summed E-state index contributed by atoms with van der Waals surface area (Å²) >= 11 is 1.35. The van der Waals surface area contributed by atoms with Gasteiger partial charge in [0.25, 0.3) is 0 Å². The predicted octanol–water partition coefficient (Wildman–Crippen LogP) is 2.64. The van der Waals surface area contributed by atoms with Gasteiger partial charge < -0.3 is 9.80 Å². The summed E-state index contributed by atoms with van der Waals surface area (Å²) in [6.45, 7) is 2.04. The van der Waals surface area contributed by atoms with Crippen molar-refractivity contribution in [3.05, 3.63) is 23.9 Å². The van der Waals surface area contributed by atoms with Crippen LogP contribution in [0.5, 0.6) is 0 Å². The fraction of sp³-hybridized carbons (Fsp3) is 0.611. The van der Waals surface area contributed by atoms with Crippen LogP contribution >= 0.6 is 11.8 Å². The molecule has 1 aliphatic heterocycles. The number of alkyl halides is 3. The fourth-order valence-electron chi connectivity index (χ4n) is 3.80. The van der Waals surface area contributed by atoms with E-state index in [0.717, 1.165) is 25.1 Å². The van der Waals surface area contributed by atoms with Crippen LogP contribution in [0.2, 0.25) is 0 Å². The summed E-state index contributed by atoms with van der Waals surface area (Å²) in [7, 11) is 0. The van der Waals surface area contributed by atoms with E-state index in [9.17, 15) is 18.0 Å². The van der Waals surface area contributed by atoms with Crippen molar-refractivity contribution in [3.63, 3.8) is 0 Å². The summed E-state index contributed by atoms with van der Waals surface area (Å²) in [5, 5.41) is 12.6. The third-order valence-electron chi connectivity index (χ3n) is 5.49. The number of carbonyl (C=O) groups is 1. The van der Waals surface area contributed by atoms with E-state index in [4.69, 9.17) is 0 Å². The minimum atomic E-state index is -4.40. The molecule has 12 heteroatoms. The van der Waals surface area contributed by atoms with Crippen LogP contribution in [0, 0.1) is 0 Å². The first-order valence-electron chi connectivity index (χ1n) is 9.88. The molecule has 0 unspecified atom stereocenters. The molecule has 0 spiro atoms.